The van der Waals surface area contributed by atoms with Gasteiger partial charge in [-0.1, -0.05) is 13.8 Å². The van der Waals surface area contributed by atoms with Crippen LogP contribution < -0.4 is 14.8 Å². The molecule has 0 spiro atoms. The molecule has 1 heterocycles. The minimum Gasteiger partial charge on any atom is -0.497 e. The van der Waals surface area contributed by atoms with Crippen molar-refractivity contribution in [2.24, 2.45) is 5.41 Å². The van der Waals surface area contributed by atoms with Crippen molar-refractivity contribution in [2.45, 2.75) is 39.3 Å². The van der Waals surface area contributed by atoms with Crippen molar-refractivity contribution in [1.29, 1.82) is 0 Å². The van der Waals surface area contributed by atoms with Gasteiger partial charge in [0.15, 0.2) is 0 Å². The highest BCUT2D eigenvalue weighted by atomic mass is 32.2. The average Bonchev–Trinajstić information content (AvgIpc) is 2.48. The maximum absolute atomic E-state index is 5.51. The number of thioether (sulfide) groups is 1. The Morgan fingerprint density at radius 3 is 2.67 bits per heavy atom. The van der Waals surface area contributed by atoms with E-state index < -0.39 is 0 Å². The molecule has 1 aromatic carbocycles. The van der Waals surface area contributed by atoms with E-state index in [0.29, 0.717) is 11.5 Å². The van der Waals surface area contributed by atoms with Gasteiger partial charge in [0.05, 0.1) is 14.2 Å². The molecule has 1 aliphatic rings. The van der Waals surface area contributed by atoms with Crippen LogP contribution in [0.4, 0.5) is 0 Å². The second-order valence-corrected chi connectivity index (χ2v) is 7.51. The summed E-state index contributed by atoms with van der Waals surface area (Å²) in [6.45, 7) is 6.92. The topological polar surface area (TPSA) is 30.5 Å². The summed E-state index contributed by atoms with van der Waals surface area (Å²) in [5, 5.41) is 3.80. The third-order valence-corrected chi connectivity index (χ3v) is 5.53. The van der Waals surface area contributed by atoms with Gasteiger partial charge in [-0.3, -0.25) is 0 Å². The van der Waals surface area contributed by atoms with Gasteiger partial charge in [0.2, 0.25) is 0 Å². The van der Waals surface area contributed by atoms with Crippen molar-refractivity contribution in [3.8, 4) is 11.5 Å². The number of ether oxygens (including phenoxy) is 2. The maximum atomic E-state index is 5.51. The summed E-state index contributed by atoms with van der Waals surface area (Å²) in [7, 11) is 3.42. The number of hydrogen-bond donors (Lipinski definition) is 1. The molecule has 2 unspecified atom stereocenters. The van der Waals surface area contributed by atoms with Gasteiger partial charge in [0.1, 0.15) is 11.5 Å². The van der Waals surface area contributed by atoms with Crippen LogP contribution in [0.15, 0.2) is 18.2 Å². The number of rotatable bonds is 5. The summed E-state index contributed by atoms with van der Waals surface area (Å²) < 4.78 is 10.9. The van der Waals surface area contributed by atoms with Crippen LogP contribution in [-0.4, -0.2) is 31.8 Å². The molecule has 2 atom stereocenters. The Labute approximate surface area is 132 Å². The van der Waals surface area contributed by atoms with Crippen LogP contribution in [-0.2, 0) is 0 Å². The fraction of sp³-hybridized carbons (Fsp3) is 0.647. The molecule has 0 aromatic heterocycles. The summed E-state index contributed by atoms with van der Waals surface area (Å²) >= 11 is 2.04. The van der Waals surface area contributed by atoms with E-state index in [0.717, 1.165) is 17.1 Å². The molecule has 1 saturated heterocycles. The van der Waals surface area contributed by atoms with Gasteiger partial charge in [-0.2, -0.15) is 11.8 Å². The van der Waals surface area contributed by atoms with Gasteiger partial charge in [0.25, 0.3) is 0 Å². The Hall–Kier alpha value is -0.870. The van der Waals surface area contributed by atoms with Gasteiger partial charge >= 0.3 is 0 Å². The highest BCUT2D eigenvalue weighted by Crippen LogP contribution is 2.37. The second-order valence-electron chi connectivity index (χ2n) is 6.36. The van der Waals surface area contributed by atoms with Crippen LogP contribution in [0.5, 0.6) is 11.5 Å². The SMILES string of the molecule is COc1ccc(OC)c(C(C)NC2CSCCC2(C)C)c1. The van der Waals surface area contributed by atoms with Gasteiger partial charge in [-0.25, -0.2) is 0 Å². The van der Waals surface area contributed by atoms with E-state index in [1.165, 1.54) is 17.9 Å². The van der Waals surface area contributed by atoms with Crippen molar-refractivity contribution in [3.63, 3.8) is 0 Å². The molecule has 4 heteroatoms. The molecule has 1 fully saturated rings. The first-order valence-electron chi connectivity index (χ1n) is 7.53. The lowest BCUT2D eigenvalue weighted by Crippen LogP contribution is -2.47. The molecular weight excluding hydrogens is 282 g/mol. The molecule has 0 bridgehead atoms. The molecule has 0 radical (unpaired) electrons. The van der Waals surface area contributed by atoms with Crippen LogP contribution in [0.2, 0.25) is 0 Å². The summed E-state index contributed by atoms with van der Waals surface area (Å²) in [6.07, 6.45) is 1.26. The average molecular weight is 309 g/mol. The van der Waals surface area contributed by atoms with Crippen LogP contribution in [0.3, 0.4) is 0 Å². The number of benzene rings is 1. The molecular formula is C17H27NO2S. The van der Waals surface area contributed by atoms with E-state index in [1.807, 2.05) is 23.9 Å². The molecule has 3 nitrogen and oxygen atoms in total. The maximum Gasteiger partial charge on any atom is 0.123 e. The van der Waals surface area contributed by atoms with Crippen LogP contribution in [0, 0.1) is 5.41 Å². The minimum absolute atomic E-state index is 0.234. The van der Waals surface area contributed by atoms with Gasteiger partial charge in [0, 0.05) is 23.4 Å². The molecule has 0 saturated carbocycles. The van der Waals surface area contributed by atoms with Crippen molar-refractivity contribution >= 4 is 11.8 Å². The quantitative estimate of drug-likeness (QED) is 0.894. The lowest BCUT2D eigenvalue weighted by atomic mass is 9.81. The molecule has 118 valence electrons. The fourth-order valence-corrected chi connectivity index (χ4v) is 4.40. The Bertz CT molecular complexity index is 476. The van der Waals surface area contributed by atoms with Crippen molar-refractivity contribution in [1.82, 2.24) is 5.32 Å². The molecule has 2 rings (SSSR count). The molecule has 21 heavy (non-hydrogen) atoms. The standard InChI is InChI=1S/C17H27NO2S/c1-12(18-16-11-21-9-8-17(16,2)3)14-10-13(19-4)6-7-15(14)20-5/h6-7,10,12,16,18H,8-9,11H2,1-5H3. The van der Waals surface area contributed by atoms with Gasteiger partial charge in [-0.15, -0.1) is 0 Å². The Morgan fingerprint density at radius 2 is 2.05 bits per heavy atom. The van der Waals surface area contributed by atoms with Crippen molar-refractivity contribution in [3.05, 3.63) is 23.8 Å². The zero-order valence-electron chi connectivity index (χ0n) is 13.7. The molecule has 0 amide bonds. The van der Waals surface area contributed by atoms with Gasteiger partial charge in [-0.05, 0) is 42.7 Å². The van der Waals surface area contributed by atoms with Crippen LogP contribution in [0.1, 0.15) is 38.8 Å². The highest BCUT2D eigenvalue weighted by Gasteiger charge is 2.33. The van der Waals surface area contributed by atoms with Crippen molar-refractivity contribution in [2.75, 3.05) is 25.7 Å². The van der Waals surface area contributed by atoms with E-state index >= 15 is 0 Å². The normalized spacial score (nSPS) is 22.6. The third-order valence-electron chi connectivity index (χ3n) is 4.47. The van der Waals surface area contributed by atoms with Crippen molar-refractivity contribution < 1.29 is 9.47 Å². The van der Waals surface area contributed by atoms with Gasteiger partial charge < -0.3 is 14.8 Å². The Morgan fingerprint density at radius 1 is 1.29 bits per heavy atom. The zero-order chi connectivity index (χ0) is 15.5. The van der Waals surface area contributed by atoms with E-state index in [-0.39, 0.29) is 6.04 Å². The predicted octanol–water partition coefficient (Wildman–Crippen LogP) is 3.89. The Kier molecular flexibility index (Phi) is 5.44. The van der Waals surface area contributed by atoms with E-state index in [1.54, 1.807) is 14.2 Å². The van der Waals surface area contributed by atoms with E-state index in [4.69, 9.17) is 9.47 Å². The van der Waals surface area contributed by atoms with Crippen LogP contribution in [0.25, 0.3) is 0 Å². The first-order valence-corrected chi connectivity index (χ1v) is 8.69. The molecule has 1 aromatic rings. The predicted molar refractivity (Wildman–Crippen MR) is 90.6 cm³/mol. The summed E-state index contributed by atoms with van der Waals surface area (Å²) in [6, 6.07) is 6.74. The van der Waals surface area contributed by atoms with Crippen LogP contribution >= 0.6 is 11.8 Å². The fourth-order valence-electron chi connectivity index (χ4n) is 2.78. The molecule has 1 aliphatic heterocycles. The number of hydrogen-bond acceptors (Lipinski definition) is 4. The lowest BCUT2D eigenvalue weighted by molar-refractivity contribution is 0.230. The smallest absolute Gasteiger partial charge is 0.123 e. The zero-order valence-corrected chi connectivity index (χ0v) is 14.5. The van der Waals surface area contributed by atoms with E-state index in [9.17, 15) is 0 Å². The summed E-state index contributed by atoms with van der Waals surface area (Å²) in [5.41, 5.74) is 1.49. The largest absolute Gasteiger partial charge is 0.497 e. The Balaban J connectivity index is 2.17. The number of nitrogens with one attached hydrogen (secondary N) is 1. The minimum atomic E-state index is 0.234. The third kappa shape index (κ3) is 3.86. The monoisotopic (exact) mass is 309 g/mol. The van der Waals surface area contributed by atoms with E-state index in [2.05, 4.69) is 32.2 Å². The number of methoxy groups -OCH3 is 2. The highest BCUT2D eigenvalue weighted by molar-refractivity contribution is 7.99. The summed E-state index contributed by atoms with van der Waals surface area (Å²) in [4.78, 5) is 0. The lowest BCUT2D eigenvalue weighted by Gasteiger charge is -2.40. The molecule has 0 aliphatic carbocycles. The summed E-state index contributed by atoms with van der Waals surface area (Å²) in [5.74, 6) is 4.22. The first kappa shape index (κ1) is 16.5. The first-order chi connectivity index (χ1) is 9.97. The molecule has 1 N–H and O–H groups in total. The second kappa shape index (κ2) is 6.93.